The van der Waals surface area contributed by atoms with Gasteiger partial charge < -0.3 is 10.7 Å². The summed E-state index contributed by atoms with van der Waals surface area (Å²) in [5, 5.41) is 8.57. The molecule has 5 aromatic rings. The number of hydrogen-bond donors (Lipinski definition) is 2. The number of fused-ring (bicyclic) bond motifs is 2. The Morgan fingerprint density at radius 1 is 1.14 bits per heavy atom. The maximum atomic E-state index is 12.8. The summed E-state index contributed by atoms with van der Waals surface area (Å²) in [4.78, 5) is 11.9. The number of nitrogens with one attached hydrogen (secondary N) is 1. The van der Waals surface area contributed by atoms with Crippen LogP contribution in [0.5, 0.6) is 0 Å². The number of nitrogens with zero attached hydrogens (tertiary/aromatic N) is 5. The van der Waals surface area contributed by atoms with Crippen molar-refractivity contribution in [1.29, 1.82) is 0 Å². The first-order valence-electron chi connectivity index (χ1n) is 11.6. The van der Waals surface area contributed by atoms with Gasteiger partial charge in [-0.2, -0.15) is 9.40 Å². The average molecular weight is 508 g/mol. The molecule has 180 valence electrons. The average Bonchev–Trinajstić information content (AvgIpc) is 3.63. The van der Waals surface area contributed by atoms with Crippen LogP contribution in [0.15, 0.2) is 58.5 Å². The number of rotatable bonds is 6. The van der Waals surface area contributed by atoms with E-state index in [2.05, 4.69) is 21.0 Å². The van der Waals surface area contributed by atoms with Gasteiger partial charge in [-0.1, -0.05) is 12.1 Å². The molecule has 0 aliphatic carbocycles. The third kappa shape index (κ3) is 3.99. The fraction of sp³-hybridized carbons (Fsp3) is 0.292. The van der Waals surface area contributed by atoms with Crippen LogP contribution in [0.2, 0.25) is 0 Å². The normalized spacial score (nSPS) is 15.9. The number of piperidine rings is 1. The van der Waals surface area contributed by atoms with E-state index in [1.54, 1.807) is 21.8 Å². The van der Waals surface area contributed by atoms with E-state index >= 15 is 0 Å². The molecule has 1 saturated heterocycles. The number of thiophene rings is 1. The van der Waals surface area contributed by atoms with E-state index in [4.69, 9.17) is 10.8 Å². The third-order valence-corrected chi connectivity index (χ3v) is 10.1. The molecule has 9 nitrogen and oxygen atoms in total. The van der Waals surface area contributed by atoms with Crippen molar-refractivity contribution in [3.63, 3.8) is 0 Å². The van der Waals surface area contributed by atoms with E-state index in [9.17, 15) is 8.42 Å². The first-order chi connectivity index (χ1) is 17.0. The van der Waals surface area contributed by atoms with Crippen LogP contribution in [0.25, 0.3) is 33.2 Å². The van der Waals surface area contributed by atoms with E-state index in [0.717, 1.165) is 52.5 Å². The molecule has 1 fully saturated rings. The van der Waals surface area contributed by atoms with E-state index in [1.807, 2.05) is 29.1 Å². The second-order valence-corrected chi connectivity index (χ2v) is 12.0. The number of anilines is 1. The Bertz CT molecular complexity index is 1600. The molecule has 3 N–H and O–H groups in total. The third-order valence-electron chi connectivity index (χ3n) is 6.80. The molecule has 35 heavy (non-hydrogen) atoms. The highest BCUT2D eigenvalue weighted by Gasteiger charge is 2.30. The molecule has 1 aliphatic heterocycles. The zero-order chi connectivity index (χ0) is 24.0. The summed E-state index contributed by atoms with van der Waals surface area (Å²) in [7, 11) is -3.38. The van der Waals surface area contributed by atoms with Crippen LogP contribution in [-0.4, -0.2) is 50.5 Å². The van der Waals surface area contributed by atoms with Gasteiger partial charge in [-0.15, -0.1) is 11.3 Å². The van der Waals surface area contributed by atoms with Gasteiger partial charge in [0, 0.05) is 42.3 Å². The summed E-state index contributed by atoms with van der Waals surface area (Å²) in [6, 6.07) is 11.6. The van der Waals surface area contributed by atoms with Crippen molar-refractivity contribution < 1.29 is 8.42 Å². The van der Waals surface area contributed by atoms with Crippen molar-refractivity contribution in [2.75, 3.05) is 18.8 Å². The molecule has 0 unspecified atom stereocenters. The lowest BCUT2D eigenvalue weighted by Crippen LogP contribution is -2.38. The topological polar surface area (TPSA) is 123 Å². The monoisotopic (exact) mass is 507 g/mol. The zero-order valence-corrected chi connectivity index (χ0v) is 20.6. The highest BCUT2D eigenvalue weighted by Crippen LogP contribution is 2.33. The van der Waals surface area contributed by atoms with Crippen molar-refractivity contribution in [1.82, 2.24) is 29.0 Å². The van der Waals surface area contributed by atoms with Gasteiger partial charge in [0.2, 0.25) is 0 Å². The molecule has 0 bridgehead atoms. The molecule has 0 atom stereocenters. The van der Waals surface area contributed by atoms with Crippen LogP contribution in [0.3, 0.4) is 0 Å². The number of nitrogens with two attached hydrogens (primary N) is 1. The minimum Gasteiger partial charge on any atom is -0.383 e. The Morgan fingerprint density at radius 3 is 2.80 bits per heavy atom. The Balaban J connectivity index is 1.21. The van der Waals surface area contributed by atoms with Crippen LogP contribution in [0.4, 0.5) is 5.82 Å². The molecule has 4 aromatic heterocycles. The Morgan fingerprint density at radius 2 is 2.00 bits per heavy atom. The summed E-state index contributed by atoms with van der Waals surface area (Å²) in [5.74, 6) is 0.834. The van der Waals surface area contributed by atoms with Crippen LogP contribution in [0.1, 0.15) is 19.3 Å². The van der Waals surface area contributed by atoms with E-state index in [0.29, 0.717) is 35.6 Å². The summed E-state index contributed by atoms with van der Waals surface area (Å²) in [6.07, 6.45) is 5.95. The smallest absolute Gasteiger partial charge is 0.252 e. The number of aryl methyl sites for hydroxylation is 1. The summed E-state index contributed by atoms with van der Waals surface area (Å²) in [6.45, 7) is 1.77. The van der Waals surface area contributed by atoms with Crippen LogP contribution >= 0.6 is 11.3 Å². The van der Waals surface area contributed by atoms with Crippen molar-refractivity contribution in [3.05, 3.63) is 54.3 Å². The predicted molar refractivity (Wildman–Crippen MR) is 137 cm³/mol. The first kappa shape index (κ1) is 22.2. The maximum Gasteiger partial charge on any atom is 0.252 e. The molecular formula is C24H25N7O2S2. The highest BCUT2D eigenvalue weighted by molar-refractivity contribution is 7.91. The lowest BCUT2D eigenvalue weighted by Gasteiger charge is -2.30. The summed E-state index contributed by atoms with van der Waals surface area (Å²) in [5.41, 5.74) is 9.79. The summed E-state index contributed by atoms with van der Waals surface area (Å²) >= 11 is 1.27. The van der Waals surface area contributed by atoms with E-state index < -0.39 is 10.0 Å². The number of aromatic nitrogens is 5. The van der Waals surface area contributed by atoms with Crippen LogP contribution in [0, 0.1) is 5.92 Å². The second-order valence-electron chi connectivity index (χ2n) is 8.88. The molecule has 6 rings (SSSR count). The van der Waals surface area contributed by atoms with Gasteiger partial charge in [-0.25, -0.2) is 23.1 Å². The molecule has 5 heterocycles. The minimum atomic E-state index is -3.38. The van der Waals surface area contributed by atoms with Gasteiger partial charge in [0.05, 0.1) is 5.39 Å². The number of aromatic amines is 1. The predicted octanol–water partition coefficient (Wildman–Crippen LogP) is 4.11. The molecule has 0 saturated carbocycles. The van der Waals surface area contributed by atoms with Gasteiger partial charge in [-0.3, -0.25) is 0 Å². The minimum absolute atomic E-state index is 0.414. The quantitative estimate of drug-likeness (QED) is 0.357. The van der Waals surface area contributed by atoms with Crippen molar-refractivity contribution in [2.45, 2.75) is 30.0 Å². The number of nitrogen functional groups attached to an aromatic ring is 1. The number of sulfonamides is 1. The zero-order valence-electron chi connectivity index (χ0n) is 19.0. The number of H-pyrrole nitrogens is 1. The molecule has 1 aliphatic rings. The Kier molecular flexibility index (Phi) is 5.54. The largest absolute Gasteiger partial charge is 0.383 e. The van der Waals surface area contributed by atoms with Crippen molar-refractivity contribution >= 4 is 49.1 Å². The van der Waals surface area contributed by atoms with Gasteiger partial charge in [-0.05, 0) is 54.8 Å². The Labute approximate surface area is 206 Å². The van der Waals surface area contributed by atoms with Crippen LogP contribution < -0.4 is 5.73 Å². The van der Waals surface area contributed by atoms with E-state index in [1.165, 1.54) is 17.7 Å². The van der Waals surface area contributed by atoms with Crippen LogP contribution in [-0.2, 0) is 16.6 Å². The molecule has 0 amide bonds. The van der Waals surface area contributed by atoms with Gasteiger partial charge >= 0.3 is 0 Å². The molecule has 0 spiro atoms. The van der Waals surface area contributed by atoms with Gasteiger partial charge in [0.15, 0.2) is 5.65 Å². The summed E-state index contributed by atoms with van der Waals surface area (Å²) < 4.78 is 29.6. The van der Waals surface area contributed by atoms with Gasteiger partial charge in [0.1, 0.15) is 22.0 Å². The fourth-order valence-corrected chi connectivity index (χ4v) is 7.48. The second kappa shape index (κ2) is 8.74. The SMILES string of the molecule is Nc1ncnc2c1c(-c1ccc3[nH]ccc3c1)nn2CCC1CCN(S(=O)(=O)c2cccs2)CC1. The lowest BCUT2D eigenvalue weighted by molar-refractivity contribution is 0.255. The van der Waals surface area contributed by atoms with Crippen molar-refractivity contribution in [3.8, 4) is 11.3 Å². The molecular weight excluding hydrogens is 482 g/mol. The standard InChI is InChI=1S/C24H25N7O2S2/c25-23-21-22(18-3-4-19-17(14-18)5-9-26-19)29-31(24(21)28-15-27-23)12-8-16-6-10-30(11-7-16)35(32,33)20-2-1-13-34-20/h1-5,9,13-16,26H,6-8,10-12H2,(H2,25,27,28). The molecule has 1 aromatic carbocycles. The number of hydrogen-bond acceptors (Lipinski definition) is 7. The van der Waals surface area contributed by atoms with E-state index in [-0.39, 0.29) is 0 Å². The van der Waals surface area contributed by atoms with Crippen molar-refractivity contribution in [2.24, 2.45) is 5.92 Å². The molecule has 11 heteroatoms. The van der Waals surface area contributed by atoms with Gasteiger partial charge in [0.25, 0.3) is 10.0 Å². The maximum absolute atomic E-state index is 12.8. The Hall–Kier alpha value is -3.28. The number of benzene rings is 1. The fourth-order valence-electron chi connectivity index (χ4n) is 4.87. The first-order valence-corrected chi connectivity index (χ1v) is 13.9. The highest BCUT2D eigenvalue weighted by atomic mass is 32.2. The lowest BCUT2D eigenvalue weighted by atomic mass is 9.95. The molecule has 0 radical (unpaired) electrons.